The van der Waals surface area contributed by atoms with Gasteiger partial charge in [-0.05, 0) is 34.2 Å². The summed E-state index contributed by atoms with van der Waals surface area (Å²) in [4.78, 5) is 13.4. The third-order valence-corrected chi connectivity index (χ3v) is 1.69. The van der Waals surface area contributed by atoms with Crippen molar-refractivity contribution < 1.29 is 0 Å². The number of aromatic amines is 1. The fourth-order valence-electron chi connectivity index (χ4n) is 0.681. The van der Waals surface area contributed by atoms with Gasteiger partial charge in [0.1, 0.15) is 0 Å². The van der Waals surface area contributed by atoms with Crippen molar-refractivity contribution in [3.05, 3.63) is 31.8 Å². The molecule has 0 amide bonds. The van der Waals surface area contributed by atoms with Gasteiger partial charge in [-0.3, -0.25) is 4.79 Å². The highest BCUT2D eigenvalue weighted by Gasteiger charge is 1.92. The number of aromatic nitrogens is 1. The van der Waals surface area contributed by atoms with E-state index < -0.39 is 0 Å². The Labute approximate surface area is 71.8 Å². The maximum Gasteiger partial charge on any atom is 0.249 e. The normalized spacial score (nSPS) is 9.80. The van der Waals surface area contributed by atoms with Gasteiger partial charge in [-0.2, -0.15) is 0 Å². The summed E-state index contributed by atoms with van der Waals surface area (Å²) in [6.07, 6.45) is 0. The molecule has 0 aliphatic carbocycles. The molecular formula is C6H7IN2O. The van der Waals surface area contributed by atoms with Gasteiger partial charge in [-0.15, -0.1) is 0 Å². The zero-order chi connectivity index (χ0) is 7.56. The lowest BCUT2D eigenvalue weighted by Crippen LogP contribution is -2.09. The highest BCUT2D eigenvalue weighted by Crippen LogP contribution is 1.99. The van der Waals surface area contributed by atoms with Crippen molar-refractivity contribution in [2.45, 2.75) is 6.54 Å². The van der Waals surface area contributed by atoms with Crippen LogP contribution in [0.25, 0.3) is 0 Å². The fraction of sp³-hybridized carbons (Fsp3) is 0.167. The first-order valence-corrected chi connectivity index (χ1v) is 3.89. The van der Waals surface area contributed by atoms with Gasteiger partial charge in [-0.1, -0.05) is 0 Å². The summed E-state index contributed by atoms with van der Waals surface area (Å²) in [5, 5.41) is 0. The lowest BCUT2D eigenvalue weighted by atomic mass is 10.3. The number of hydrogen-bond donors (Lipinski definition) is 2. The van der Waals surface area contributed by atoms with E-state index in [2.05, 4.69) is 4.98 Å². The topological polar surface area (TPSA) is 58.9 Å². The average Bonchev–Trinajstić information content (AvgIpc) is 1.85. The average molecular weight is 250 g/mol. The van der Waals surface area contributed by atoms with Crippen LogP contribution in [0, 0.1) is 3.70 Å². The molecule has 1 rings (SSSR count). The quantitative estimate of drug-likeness (QED) is 0.561. The molecule has 0 saturated carbocycles. The smallest absolute Gasteiger partial charge is 0.249 e. The van der Waals surface area contributed by atoms with Crippen molar-refractivity contribution in [1.29, 1.82) is 0 Å². The molecule has 0 fully saturated rings. The Kier molecular flexibility index (Phi) is 2.44. The first-order valence-electron chi connectivity index (χ1n) is 2.81. The number of nitrogens with one attached hydrogen (secondary N) is 1. The molecule has 0 bridgehead atoms. The Hall–Kier alpha value is -0.360. The molecule has 1 aromatic rings. The molecule has 0 atom stereocenters. The van der Waals surface area contributed by atoms with Crippen LogP contribution in [0.4, 0.5) is 0 Å². The van der Waals surface area contributed by atoms with Crippen molar-refractivity contribution in [2.24, 2.45) is 5.73 Å². The van der Waals surface area contributed by atoms with E-state index in [9.17, 15) is 4.79 Å². The van der Waals surface area contributed by atoms with Gasteiger partial charge in [-0.25, -0.2) is 0 Å². The van der Waals surface area contributed by atoms with Gasteiger partial charge in [0, 0.05) is 12.6 Å². The summed E-state index contributed by atoms with van der Waals surface area (Å²) < 4.78 is 0.825. The summed E-state index contributed by atoms with van der Waals surface area (Å²) in [7, 11) is 0. The first kappa shape index (κ1) is 7.74. The third-order valence-electron chi connectivity index (χ3n) is 1.11. The van der Waals surface area contributed by atoms with E-state index in [1.165, 1.54) is 6.07 Å². The Balaban J connectivity index is 3.19. The van der Waals surface area contributed by atoms with E-state index in [1.54, 1.807) is 0 Å². The number of H-pyrrole nitrogens is 1. The minimum atomic E-state index is -0.0904. The number of nitrogens with two attached hydrogens (primary N) is 1. The summed E-state index contributed by atoms with van der Waals surface area (Å²) >= 11 is 2.04. The Morgan fingerprint density at radius 1 is 1.60 bits per heavy atom. The van der Waals surface area contributed by atoms with Crippen LogP contribution < -0.4 is 11.3 Å². The van der Waals surface area contributed by atoms with Crippen LogP contribution >= 0.6 is 22.6 Å². The predicted octanol–water partition coefficient (Wildman–Crippen LogP) is 0.438. The molecule has 0 spiro atoms. The molecule has 0 aliphatic heterocycles. The van der Waals surface area contributed by atoms with Crippen molar-refractivity contribution >= 4 is 22.6 Å². The van der Waals surface area contributed by atoms with Gasteiger partial charge in [0.05, 0.1) is 3.70 Å². The van der Waals surface area contributed by atoms with Crippen molar-refractivity contribution in [1.82, 2.24) is 4.98 Å². The SMILES string of the molecule is NCc1cc(I)[nH]c(=O)c1. The Morgan fingerprint density at radius 3 is 2.80 bits per heavy atom. The molecule has 0 aromatic carbocycles. The third kappa shape index (κ3) is 1.81. The van der Waals surface area contributed by atoms with Gasteiger partial charge in [0.15, 0.2) is 0 Å². The molecule has 1 aromatic heterocycles. The molecule has 0 saturated heterocycles. The Bertz CT molecular complexity index is 281. The van der Waals surface area contributed by atoms with Gasteiger partial charge >= 0.3 is 0 Å². The van der Waals surface area contributed by atoms with E-state index >= 15 is 0 Å². The second kappa shape index (κ2) is 3.16. The number of hydrogen-bond acceptors (Lipinski definition) is 2. The molecular weight excluding hydrogens is 243 g/mol. The number of halogens is 1. The van der Waals surface area contributed by atoms with Gasteiger partial charge < -0.3 is 10.7 Å². The first-order chi connectivity index (χ1) is 4.72. The fourth-order valence-corrected chi connectivity index (χ4v) is 1.35. The second-order valence-electron chi connectivity index (χ2n) is 1.90. The van der Waals surface area contributed by atoms with Crippen LogP contribution in [0.3, 0.4) is 0 Å². The predicted molar refractivity (Wildman–Crippen MR) is 47.7 cm³/mol. The molecule has 0 unspecified atom stereocenters. The van der Waals surface area contributed by atoms with Crippen molar-refractivity contribution in [3.8, 4) is 0 Å². The molecule has 3 N–H and O–H groups in total. The zero-order valence-corrected chi connectivity index (χ0v) is 7.38. The molecule has 54 valence electrons. The van der Waals surface area contributed by atoms with E-state index in [4.69, 9.17) is 5.73 Å². The largest absolute Gasteiger partial charge is 0.326 e. The maximum absolute atomic E-state index is 10.8. The van der Waals surface area contributed by atoms with Crippen molar-refractivity contribution in [2.75, 3.05) is 0 Å². The number of rotatable bonds is 1. The summed E-state index contributed by atoms with van der Waals surface area (Å²) in [5.41, 5.74) is 6.11. The van der Waals surface area contributed by atoms with E-state index in [1.807, 2.05) is 28.7 Å². The molecule has 0 radical (unpaired) electrons. The molecule has 1 heterocycles. The van der Waals surface area contributed by atoms with Crippen LogP contribution in [0.2, 0.25) is 0 Å². The van der Waals surface area contributed by atoms with Crippen molar-refractivity contribution in [3.63, 3.8) is 0 Å². The zero-order valence-electron chi connectivity index (χ0n) is 5.23. The molecule has 0 aliphatic rings. The van der Waals surface area contributed by atoms with Crippen LogP contribution in [0.1, 0.15) is 5.56 Å². The van der Waals surface area contributed by atoms with Crippen LogP contribution in [0.15, 0.2) is 16.9 Å². The van der Waals surface area contributed by atoms with Gasteiger partial charge in [0.25, 0.3) is 0 Å². The van der Waals surface area contributed by atoms with E-state index in [0.29, 0.717) is 6.54 Å². The van der Waals surface area contributed by atoms with Gasteiger partial charge in [0.2, 0.25) is 5.56 Å². The van der Waals surface area contributed by atoms with Crippen LogP contribution in [-0.2, 0) is 6.54 Å². The maximum atomic E-state index is 10.8. The summed E-state index contributed by atoms with van der Waals surface area (Å²) in [6, 6.07) is 3.35. The van der Waals surface area contributed by atoms with Crippen LogP contribution in [0.5, 0.6) is 0 Å². The minimum absolute atomic E-state index is 0.0904. The summed E-state index contributed by atoms with van der Waals surface area (Å²) in [6.45, 7) is 0.417. The summed E-state index contributed by atoms with van der Waals surface area (Å²) in [5.74, 6) is 0. The monoisotopic (exact) mass is 250 g/mol. The standard InChI is InChI=1S/C6H7IN2O/c7-5-1-4(3-8)2-6(10)9-5/h1-2H,3,8H2,(H,9,10). The molecule has 3 nitrogen and oxygen atoms in total. The molecule has 10 heavy (non-hydrogen) atoms. The van der Waals surface area contributed by atoms with Crippen LogP contribution in [-0.4, -0.2) is 4.98 Å². The lowest BCUT2D eigenvalue weighted by Gasteiger charge is -1.94. The Morgan fingerprint density at radius 2 is 2.30 bits per heavy atom. The van der Waals surface area contributed by atoms with E-state index in [0.717, 1.165) is 9.26 Å². The lowest BCUT2D eigenvalue weighted by molar-refractivity contribution is 1.04. The highest BCUT2D eigenvalue weighted by atomic mass is 127. The molecule has 4 heteroatoms. The van der Waals surface area contributed by atoms with E-state index in [-0.39, 0.29) is 5.56 Å². The second-order valence-corrected chi connectivity index (χ2v) is 3.07. The number of pyridine rings is 1. The highest BCUT2D eigenvalue weighted by molar-refractivity contribution is 14.1. The minimum Gasteiger partial charge on any atom is -0.326 e.